The Bertz CT molecular complexity index is 1190. The first kappa shape index (κ1) is 53.2. The van der Waals surface area contributed by atoms with Crippen molar-refractivity contribution in [1.29, 1.82) is 0 Å². The number of methoxy groups -OCH3 is 2. The summed E-state index contributed by atoms with van der Waals surface area (Å²) in [6, 6.07) is 15.1. The van der Waals surface area contributed by atoms with Crippen molar-refractivity contribution < 1.29 is 76.8 Å². The summed E-state index contributed by atoms with van der Waals surface area (Å²) in [5.41, 5.74) is 0. The van der Waals surface area contributed by atoms with Gasteiger partial charge in [0.05, 0.1) is 133 Å². The summed E-state index contributed by atoms with van der Waals surface area (Å²) in [4.78, 5) is 14.8. The van der Waals surface area contributed by atoms with E-state index in [1.165, 1.54) is 0 Å². The van der Waals surface area contributed by atoms with E-state index < -0.39 is 0 Å². The number of ether oxygens (including phenoxy) is 12. The van der Waals surface area contributed by atoms with Crippen molar-refractivity contribution in [1.82, 2.24) is 9.80 Å². The van der Waals surface area contributed by atoms with E-state index in [-0.39, 0.29) is 26.4 Å². The van der Waals surface area contributed by atoms with Crippen molar-refractivity contribution >= 4 is 0 Å². The summed E-state index contributed by atoms with van der Waals surface area (Å²) in [6.45, 7) is 12.7. The number of aliphatic hydroxyl groups excluding tert-OH is 2. The Labute approximate surface area is 356 Å². The fraction of sp³-hybridized carbons (Fsp3) is 0.714. The molecule has 2 aromatic rings. The van der Waals surface area contributed by atoms with Crippen LogP contribution in [-0.2, 0) is 47.7 Å². The zero-order chi connectivity index (χ0) is 42.8. The number of para-hydroxylation sites is 2. The molecule has 0 spiro atoms. The van der Waals surface area contributed by atoms with Gasteiger partial charge in [0, 0.05) is 39.3 Å². The highest BCUT2D eigenvalue weighted by molar-refractivity contribution is 5.51. The highest BCUT2D eigenvalue weighted by Gasteiger charge is 2.11. The molecule has 60 heavy (non-hydrogen) atoms. The first-order chi connectivity index (χ1) is 29.7. The van der Waals surface area contributed by atoms with Gasteiger partial charge >= 0.3 is 0 Å². The van der Waals surface area contributed by atoms with Crippen molar-refractivity contribution in [2.45, 2.75) is 0 Å². The summed E-state index contributed by atoms with van der Waals surface area (Å²) in [6.07, 6.45) is 0. The van der Waals surface area contributed by atoms with Gasteiger partial charge in [-0.2, -0.15) is 0 Å². The van der Waals surface area contributed by atoms with Crippen LogP contribution in [0.1, 0.15) is 0 Å². The lowest BCUT2D eigenvalue weighted by atomic mass is 10.3. The van der Waals surface area contributed by atoms with Crippen LogP contribution in [0.2, 0.25) is 0 Å². The fourth-order valence-corrected chi connectivity index (χ4v) is 5.22. The van der Waals surface area contributed by atoms with E-state index in [0.717, 1.165) is 5.75 Å². The Balaban J connectivity index is 1.46. The van der Waals surface area contributed by atoms with Crippen molar-refractivity contribution in [3.05, 3.63) is 48.5 Å². The SMILES string of the molecule is COc1cccc(OC)c1OCCOCCOCCN(CCOCCO)CCOCCOOCCOCCN(CCOCCO)CCOCCOCCOc1ccccc1. The molecule has 0 unspecified atom stereocenters. The number of nitrogens with zero attached hydrogens (tertiary/aromatic N) is 2. The molecule has 18 nitrogen and oxygen atoms in total. The highest BCUT2D eigenvalue weighted by Crippen LogP contribution is 2.36. The van der Waals surface area contributed by atoms with Crippen LogP contribution in [0.5, 0.6) is 23.0 Å². The third-order valence-electron chi connectivity index (χ3n) is 8.33. The molecule has 0 heterocycles. The van der Waals surface area contributed by atoms with Crippen LogP contribution >= 0.6 is 0 Å². The normalized spacial score (nSPS) is 11.5. The minimum atomic E-state index is -0.0136. The van der Waals surface area contributed by atoms with Gasteiger partial charge in [-0.3, -0.25) is 9.80 Å². The quantitative estimate of drug-likeness (QED) is 0.0560. The van der Waals surface area contributed by atoms with E-state index in [1.54, 1.807) is 14.2 Å². The van der Waals surface area contributed by atoms with Gasteiger partial charge < -0.3 is 67.1 Å². The molecule has 0 fully saturated rings. The van der Waals surface area contributed by atoms with Crippen molar-refractivity contribution in [2.24, 2.45) is 0 Å². The summed E-state index contributed by atoms with van der Waals surface area (Å²) < 4.78 is 67.2. The van der Waals surface area contributed by atoms with Crippen molar-refractivity contribution in [2.75, 3.05) is 199 Å². The minimum absolute atomic E-state index is 0.00523. The second kappa shape index (κ2) is 40.2. The van der Waals surface area contributed by atoms with Crippen LogP contribution in [-0.4, -0.2) is 219 Å². The van der Waals surface area contributed by atoms with Gasteiger partial charge in [-0.15, -0.1) is 0 Å². The summed E-state index contributed by atoms with van der Waals surface area (Å²) in [7, 11) is 3.17. The number of hydrogen-bond acceptors (Lipinski definition) is 18. The molecule has 0 aliphatic rings. The Morgan fingerprint density at radius 1 is 0.367 bits per heavy atom. The van der Waals surface area contributed by atoms with E-state index in [1.807, 2.05) is 48.5 Å². The Morgan fingerprint density at radius 2 is 0.717 bits per heavy atom. The zero-order valence-corrected chi connectivity index (χ0v) is 35.9. The minimum Gasteiger partial charge on any atom is -0.493 e. The second-order valence-corrected chi connectivity index (χ2v) is 12.7. The highest BCUT2D eigenvalue weighted by atomic mass is 17.2. The van der Waals surface area contributed by atoms with Crippen LogP contribution < -0.4 is 18.9 Å². The van der Waals surface area contributed by atoms with Crippen LogP contribution in [0.15, 0.2) is 48.5 Å². The Morgan fingerprint density at radius 3 is 1.12 bits per heavy atom. The van der Waals surface area contributed by atoms with Gasteiger partial charge in [-0.05, 0) is 24.3 Å². The predicted molar refractivity (Wildman–Crippen MR) is 222 cm³/mol. The molecule has 0 bridgehead atoms. The Kier molecular flexibility index (Phi) is 35.6. The second-order valence-electron chi connectivity index (χ2n) is 12.7. The molecule has 18 heteroatoms. The molecule has 2 aromatic carbocycles. The molecule has 0 aliphatic carbocycles. The van der Waals surface area contributed by atoms with E-state index in [2.05, 4.69) is 9.80 Å². The maximum Gasteiger partial charge on any atom is 0.203 e. The number of aliphatic hydroxyl groups is 2. The molecule has 0 aromatic heterocycles. The van der Waals surface area contributed by atoms with Gasteiger partial charge in [-0.1, -0.05) is 24.3 Å². The van der Waals surface area contributed by atoms with E-state index >= 15 is 0 Å². The standard InChI is InChI=1S/C42H72N2O16/c1-47-40-9-6-10-41(48-2)42(40)58-36-32-56-30-28-52-22-14-44(12-20-50-26-18-46)16-24-54-34-38-60-59-37-33-53-23-15-43(11-19-49-25-17-45)13-21-51-27-29-55-31-35-57-39-7-4-3-5-8-39/h3-10,45-46H,11-38H2,1-2H3. The average molecular weight is 861 g/mol. The lowest BCUT2D eigenvalue weighted by Crippen LogP contribution is -2.34. The first-order valence-corrected chi connectivity index (χ1v) is 20.8. The molecule has 0 radical (unpaired) electrons. The third kappa shape index (κ3) is 29.4. The molecular weight excluding hydrogens is 788 g/mol. The third-order valence-corrected chi connectivity index (χ3v) is 8.33. The monoisotopic (exact) mass is 860 g/mol. The number of rotatable bonds is 45. The average Bonchev–Trinajstić information content (AvgIpc) is 3.27. The number of hydrogen-bond donors (Lipinski definition) is 2. The number of benzene rings is 2. The van der Waals surface area contributed by atoms with Crippen LogP contribution in [0.4, 0.5) is 0 Å². The predicted octanol–water partition coefficient (Wildman–Crippen LogP) is 1.83. The van der Waals surface area contributed by atoms with Gasteiger partial charge in [0.1, 0.15) is 32.2 Å². The fourth-order valence-electron chi connectivity index (χ4n) is 5.22. The summed E-state index contributed by atoms with van der Waals surface area (Å²) in [5.74, 6) is 2.57. The van der Waals surface area contributed by atoms with Crippen LogP contribution in [0, 0.1) is 0 Å². The van der Waals surface area contributed by atoms with Gasteiger partial charge in [0.25, 0.3) is 0 Å². The first-order valence-electron chi connectivity index (χ1n) is 20.8. The van der Waals surface area contributed by atoms with E-state index in [4.69, 9.17) is 76.8 Å². The molecule has 346 valence electrons. The molecule has 0 saturated heterocycles. The van der Waals surface area contributed by atoms with Crippen molar-refractivity contribution in [3.8, 4) is 23.0 Å². The zero-order valence-electron chi connectivity index (χ0n) is 35.9. The molecule has 0 atom stereocenters. The smallest absolute Gasteiger partial charge is 0.203 e. The van der Waals surface area contributed by atoms with E-state index in [0.29, 0.717) is 175 Å². The maximum absolute atomic E-state index is 9.01. The van der Waals surface area contributed by atoms with Gasteiger partial charge in [0.15, 0.2) is 11.5 Å². The maximum atomic E-state index is 9.01. The van der Waals surface area contributed by atoms with Crippen LogP contribution in [0.3, 0.4) is 0 Å². The summed E-state index contributed by atoms with van der Waals surface area (Å²) in [5, 5.41) is 18.0. The van der Waals surface area contributed by atoms with Gasteiger partial charge in [-0.25, -0.2) is 9.78 Å². The lowest BCUT2D eigenvalue weighted by Gasteiger charge is -2.22. The molecule has 0 amide bonds. The topological polar surface area (TPSA) is 176 Å². The molecular formula is C42H72N2O16. The van der Waals surface area contributed by atoms with Crippen LogP contribution in [0.25, 0.3) is 0 Å². The lowest BCUT2D eigenvalue weighted by molar-refractivity contribution is -0.303. The molecule has 0 aliphatic heterocycles. The van der Waals surface area contributed by atoms with E-state index in [9.17, 15) is 0 Å². The molecule has 2 rings (SSSR count). The van der Waals surface area contributed by atoms with Gasteiger partial charge in [0.2, 0.25) is 5.75 Å². The molecule has 0 saturated carbocycles. The molecule has 2 N–H and O–H groups in total. The largest absolute Gasteiger partial charge is 0.493 e. The summed E-state index contributed by atoms with van der Waals surface area (Å²) >= 11 is 0. The Hall–Kier alpha value is -2.92. The van der Waals surface area contributed by atoms with Crippen molar-refractivity contribution in [3.63, 3.8) is 0 Å².